The van der Waals surface area contributed by atoms with Gasteiger partial charge in [-0.05, 0) is 60.7 Å². The van der Waals surface area contributed by atoms with Crippen LogP contribution in [0.4, 0.5) is 11.4 Å². The van der Waals surface area contributed by atoms with E-state index in [4.69, 9.17) is 5.26 Å². The Bertz CT molecular complexity index is 1280. The lowest BCUT2D eigenvalue weighted by Crippen LogP contribution is -2.27. The minimum Gasteiger partial charge on any atom is -0.322 e. The summed E-state index contributed by atoms with van der Waals surface area (Å²) in [6, 6.07) is 17.2. The van der Waals surface area contributed by atoms with Crippen LogP contribution in [0, 0.1) is 11.3 Å². The van der Waals surface area contributed by atoms with Gasteiger partial charge in [0, 0.05) is 46.4 Å². The molecule has 2 aromatic carbocycles. The molecular formula is C21H18N4O4S2. The molecule has 0 aliphatic carbocycles. The molecule has 0 bridgehead atoms. The predicted molar refractivity (Wildman–Crippen MR) is 118 cm³/mol. The molecule has 10 heteroatoms. The van der Waals surface area contributed by atoms with E-state index >= 15 is 0 Å². The van der Waals surface area contributed by atoms with E-state index in [-0.39, 0.29) is 10.6 Å². The summed E-state index contributed by atoms with van der Waals surface area (Å²) in [6.07, 6.45) is 2.78. The molecule has 0 saturated carbocycles. The minimum absolute atomic E-state index is 0.114. The summed E-state index contributed by atoms with van der Waals surface area (Å²) in [5.74, 6) is -0.513. The van der Waals surface area contributed by atoms with Crippen LogP contribution in [-0.2, 0) is 20.8 Å². The van der Waals surface area contributed by atoms with Gasteiger partial charge in [-0.3, -0.25) is 13.3 Å². The van der Waals surface area contributed by atoms with Gasteiger partial charge in [-0.15, -0.1) is 0 Å². The number of nitriles is 1. The van der Waals surface area contributed by atoms with Crippen molar-refractivity contribution in [2.45, 2.75) is 9.92 Å². The molecule has 1 N–H and O–H groups in total. The number of sulfonamides is 1. The van der Waals surface area contributed by atoms with Crippen molar-refractivity contribution >= 4 is 38.1 Å². The van der Waals surface area contributed by atoms with Crippen LogP contribution in [0.15, 0.2) is 76.8 Å². The molecule has 0 fully saturated rings. The van der Waals surface area contributed by atoms with E-state index in [1.807, 2.05) is 6.07 Å². The lowest BCUT2D eigenvalue weighted by Gasteiger charge is -2.19. The van der Waals surface area contributed by atoms with Crippen LogP contribution in [0.1, 0.15) is 15.9 Å². The fourth-order valence-corrected chi connectivity index (χ4v) is 4.32. The summed E-state index contributed by atoms with van der Waals surface area (Å²) in [4.78, 5) is 17.0. The number of carbonyl (C=O) groups excluding carboxylic acids is 1. The van der Waals surface area contributed by atoms with Crippen molar-refractivity contribution in [2.75, 3.05) is 22.9 Å². The quantitative estimate of drug-likeness (QED) is 0.611. The lowest BCUT2D eigenvalue weighted by molar-refractivity contribution is 0.102. The Hall–Kier alpha value is -3.55. The average molecular weight is 455 g/mol. The zero-order valence-corrected chi connectivity index (χ0v) is 18.3. The van der Waals surface area contributed by atoms with Crippen molar-refractivity contribution in [1.82, 2.24) is 4.98 Å². The Kier molecular flexibility index (Phi) is 6.48. The zero-order valence-electron chi connectivity index (χ0n) is 16.6. The Morgan fingerprint density at radius 1 is 1.10 bits per heavy atom. The first-order valence-corrected chi connectivity index (χ1v) is 11.9. The van der Waals surface area contributed by atoms with Crippen LogP contribution in [0.3, 0.4) is 0 Å². The zero-order chi connectivity index (χ0) is 22.6. The van der Waals surface area contributed by atoms with E-state index in [1.165, 1.54) is 31.6 Å². The number of nitrogens with zero attached hydrogens (tertiary/aromatic N) is 3. The number of hydrogen-bond acceptors (Lipinski definition) is 6. The first-order valence-electron chi connectivity index (χ1n) is 8.92. The largest absolute Gasteiger partial charge is 0.322 e. The van der Waals surface area contributed by atoms with Crippen LogP contribution >= 0.6 is 0 Å². The lowest BCUT2D eigenvalue weighted by atomic mass is 10.2. The molecule has 0 radical (unpaired) electrons. The number of nitrogens with one attached hydrogen (secondary N) is 1. The monoisotopic (exact) mass is 454 g/mol. The van der Waals surface area contributed by atoms with Crippen molar-refractivity contribution in [2.24, 2.45) is 0 Å². The van der Waals surface area contributed by atoms with Gasteiger partial charge in [0.15, 0.2) is 5.03 Å². The summed E-state index contributed by atoms with van der Waals surface area (Å²) in [5, 5.41) is 11.2. The maximum atomic E-state index is 13.0. The Labute approximate surface area is 182 Å². The van der Waals surface area contributed by atoms with Crippen molar-refractivity contribution < 1.29 is 17.4 Å². The molecule has 3 rings (SSSR count). The summed E-state index contributed by atoms with van der Waals surface area (Å²) < 4.78 is 38.6. The molecule has 1 atom stereocenters. The number of anilines is 2. The highest BCUT2D eigenvalue weighted by Gasteiger charge is 2.24. The van der Waals surface area contributed by atoms with Gasteiger partial charge in [0.2, 0.25) is 0 Å². The highest BCUT2D eigenvalue weighted by atomic mass is 32.2. The van der Waals surface area contributed by atoms with Gasteiger partial charge in [0.05, 0.1) is 17.3 Å². The molecule has 0 spiro atoms. The molecular weight excluding hydrogens is 436 g/mol. The molecule has 158 valence electrons. The van der Waals surface area contributed by atoms with E-state index in [2.05, 4.69) is 10.3 Å². The Morgan fingerprint density at radius 3 is 2.32 bits per heavy atom. The van der Waals surface area contributed by atoms with Gasteiger partial charge in [-0.2, -0.15) is 13.7 Å². The summed E-state index contributed by atoms with van der Waals surface area (Å²) in [7, 11) is -3.83. The second-order valence-corrected chi connectivity index (χ2v) is 9.74. The molecule has 1 amide bonds. The molecule has 0 saturated heterocycles. The normalized spacial score (nSPS) is 11.9. The fraction of sp³-hybridized carbons (Fsp3) is 0.0952. The van der Waals surface area contributed by atoms with E-state index in [0.29, 0.717) is 21.8 Å². The average Bonchev–Trinajstić information content (AvgIpc) is 2.79. The topological polar surface area (TPSA) is 120 Å². The maximum Gasteiger partial charge on any atom is 0.281 e. The van der Waals surface area contributed by atoms with Crippen LogP contribution < -0.4 is 9.62 Å². The molecule has 31 heavy (non-hydrogen) atoms. The number of hydrogen-bond donors (Lipinski definition) is 1. The van der Waals surface area contributed by atoms with Crippen molar-refractivity contribution in [3.05, 3.63) is 78.0 Å². The molecule has 8 nitrogen and oxygen atoms in total. The molecule has 1 aromatic heterocycles. The Balaban J connectivity index is 1.83. The smallest absolute Gasteiger partial charge is 0.281 e. The maximum absolute atomic E-state index is 13.0. The molecule has 3 aromatic rings. The number of benzene rings is 2. The van der Waals surface area contributed by atoms with Gasteiger partial charge in [0.1, 0.15) is 0 Å². The fourth-order valence-electron chi connectivity index (χ4n) is 2.65. The van der Waals surface area contributed by atoms with Crippen LogP contribution in [0.2, 0.25) is 0 Å². The highest BCUT2D eigenvalue weighted by molar-refractivity contribution is 7.92. The van der Waals surface area contributed by atoms with E-state index in [1.54, 1.807) is 48.5 Å². The van der Waals surface area contributed by atoms with Crippen LogP contribution in [0.5, 0.6) is 0 Å². The van der Waals surface area contributed by atoms with Crippen LogP contribution in [0.25, 0.3) is 0 Å². The van der Waals surface area contributed by atoms with Gasteiger partial charge in [0.25, 0.3) is 15.9 Å². The summed E-state index contributed by atoms with van der Waals surface area (Å²) in [5.41, 5.74) is 1.40. The van der Waals surface area contributed by atoms with Crippen LogP contribution in [-0.4, -0.2) is 36.8 Å². The number of aromatic nitrogens is 1. The van der Waals surface area contributed by atoms with Crippen molar-refractivity contribution in [1.29, 1.82) is 5.26 Å². The van der Waals surface area contributed by atoms with E-state index in [0.717, 1.165) is 4.31 Å². The van der Waals surface area contributed by atoms with Gasteiger partial charge in [-0.1, -0.05) is 0 Å². The molecule has 1 unspecified atom stereocenters. The summed E-state index contributed by atoms with van der Waals surface area (Å²) in [6.45, 7) is 0. The molecule has 0 aliphatic rings. The minimum atomic E-state index is -4.03. The highest BCUT2D eigenvalue weighted by Crippen LogP contribution is 2.23. The summed E-state index contributed by atoms with van der Waals surface area (Å²) >= 11 is 0. The van der Waals surface area contributed by atoms with Gasteiger partial charge >= 0.3 is 0 Å². The van der Waals surface area contributed by atoms with E-state index < -0.39 is 26.7 Å². The standard InChI is InChI=1S/C21H18N4O4S2/c1-25(18-7-9-19(10-8-18)30(2)27)31(28,29)20-13-16(11-12-23-20)21(26)24-17-5-3-15(14-22)4-6-17/h3-13H,1-2H3,(H,24,26). The van der Waals surface area contributed by atoms with Gasteiger partial charge in [-0.25, -0.2) is 4.98 Å². The van der Waals surface area contributed by atoms with E-state index in [9.17, 15) is 17.4 Å². The Morgan fingerprint density at radius 2 is 1.74 bits per heavy atom. The predicted octanol–water partition coefficient (Wildman–Crippen LogP) is 2.77. The number of amides is 1. The third-order valence-electron chi connectivity index (χ3n) is 4.43. The first kappa shape index (κ1) is 22.1. The van der Waals surface area contributed by atoms with Crippen molar-refractivity contribution in [3.8, 4) is 6.07 Å². The second kappa shape index (κ2) is 9.07. The number of pyridine rings is 1. The van der Waals surface area contributed by atoms with Crippen molar-refractivity contribution in [3.63, 3.8) is 0 Å². The first-order chi connectivity index (χ1) is 14.7. The van der Waals surface area contributed by atoms with Gasteiger partial charge < -0.3 is 5.32 Å². The number of carbonyl (C=O) groups is 1. The molecule has 0 aliphatic heterocycles. The molecule has 1 heterocycles. The second-order valence-electron chi connectivity index (χ2n) is 6.45. The SMILES string of the molecule is CN(c1ccc(S(C)=O)cc1)S(=O)(=O)c1cc(C(=O)Nc2ccc(C#N)cc2)ccn1. The third kappa shape index (κ3) is 4.96. The number of rotatable bonds is 6. The third-order valence-corrected chi connectivity index (χ3v) is 7.05.